The molecule has 3 aromatic rings. The highest BCUT2D eigenvalue weighted by Crippen LogP contribution is 2.36. The van der Waals surface area contributed by atoms with E-state index < -0.39 is 4.92 Å². The van der Waals surface area contributed by atoms with Crippen molar-refractivity contribution in [1.82, 2.24) is 15.0 Å². The lowest BCUT2D eigenvalue weighted by Crippen LogP contribution is -2.06. The fourth-order valence-electron chi connectivity index (χ4n) is 2.35. The molecule has 0 saturated heterocycles. The summed E-state index contributed by atoms with van der Waals surface area (Å²) < 4.78 is 10.5. The third kappa shape index (κ3) is 4.18. The molecule has 10 nitrogen and oxygen atoms in total. The number of methoxy groups -OCH3 is 2. The number of nitrogens with zero attached hydrogens (tertiary/aromatic N) is 4. The van der Waals surface area contributed by atoms with Crippen molar-refractivity contribution >= 4 is 40.4 Å². The molecule has 144 valence electrons. The Balaban J connectivity index is 2.00. The Labute approximate surface area is 164 Å². The molecule has 0 atom stereocenters. The number of pyridine rings is 1. The summed E-state index contributed by atoms with van der Waals surface area (Å²) in [5.41, 5.74) is 0.0864. The number of nitro groups is 1. The monoisotopic (exact) mass is 402 g/mol. The Bertz CT molecular complexity index is 999. The third-order valence-corrected chi connectivity index (χ3v) is 3.86. The first kappa shape index (κ1) is 19.1. The van der Waals surface area contributed by atoms with E-state index in [1.807, 2.05) is 0 Å². The molecule has 2 heterocycles. The average molecular weight is 403 g/mol. The lowest BCUT2D eigenvalue weighted by molar-refractivity contribution is -0.383. The summed E-state index contributed by atoms with van der Waals surface area (Å²) in [5.74, 6) is 1.30. The van der Waals surface area contributed by atoms with Crippen LogP contribution in [0.3, 0.4) is 0 Å². The average Bonchev–Trinajstić information content (AvgIpc) is 2.69. The number of benzene rings is 1. The van der Waals surface area contributed by atoms with Crippen LogP contribution in [0.2, 0.25) is 5.02 Å². The molecule has 0 bridgehead atoms. The van der Waals surface area contributed by atoms with E-state index in [9.17, 15) is 10.1 Å². The van der Waals surface area contributed by atoms with Crippen molar-refractivity contribution < 1.29 is 14.4 Å². The van der Waals surface area contributed by atoms with Crippen molar-refractivity contribution in [3.8, 4) is 11.5 Å². The molecule has 0 aliphatic rings. The lowest BCUT2D eigenvalue weighted by Gasteiger charge is -2.13. The summed E-state index contributed by atoms with van der Waals surface area (Å²) in [6, 6.07) is 8.19. The normalized spacial score (nSPS) is 10.2. The van der Waals surface area contributed by atoms with Crippen LogP contribution in [0, 0.1) is 10.1 Å². The minimum absolute atomic E-state index is 0.0250. The minimum Gasteiger partial charge on any atom is -0.497 e. The minimum atomic E-state index is -0.590. The van der Waals surface area contributed by atoms with Gasteiger partial charge in [0, 0.05) is 12.3 Å². The van der Waals surface area contributed by atoms with Gasteiger partial charge in [0.15, 0.2) is 0 Å². The maximum absolute atomic E-state index is 11.7. The van der Waals surface area contributed by atoms with Crippen LogP contribution < -0.4 is 20.1 Å². The van der Waals surface area contributed by atoms with Crippen LogP contribution in [0.5, 0.6) is 11.5 Å². The van der Waals surface area contributed by atoms with Crippen molar-refractivity contribution in [2.45, 2.75) is 0 Å². The topological polar surface area (TPSA) is 124 Å². The number of ether oxygens (including phenoxy) is 2. The van der Waals surface area contributed by atoms with E-state index in [4.69, 9.17) is 21.1 Å². The van der Waals surface area contributed by atoms with E-state index in [1.165, 1.54) is 26.7 Å². The van der Waals surface area contributed by atoms with Crippen molar-refractivity contribution in [1.29, 1.82) is 0 Å². The Morgan fingerprint density at radius 3 is 2.39 bits per heavy atom. The van der Waals surface area contributed by atoms with Gasteiger partial charge >= 0.3 is 5.69 Å². The molecule has 0 unspecified atom stereocenters. The Kier molecular flexibility index (Phi) is 5.70. The second kappa shape index (κ2) is 8.35. The van der Waals surface area contributed by atoms with Gasteiger partial charge in [0.25, 0.3) is 0 Å². The molecule has 2 aromatic heterocycles. The van der Waals surface area contributed by atoms with Gasteiger partial charge in [-0.2, -0.15) is 0 Å². The zero-order chi connectivity index (χ0) is 20.1. The number of rotatable bonds is 7. The van der Waals surface area contributed by atoms with Crippen LogP contribution in [-0.4, -0.2) is 34.1 Å². The van der Waals surface area contributed by atoms with Crippen molar-refractivity contribution in [3.63, 3.8) is 0 Å². The zero-order valence-electron chi connectivity index (χ0n) is 14.8. The Morgan fingerprint density at radius 2 is 1.79 bits per heavy atom. The standard InChI is InChI=1S/C17H15ClN6O4/c1-27-11-4-5-13(28-2)12(7-11)22-16-15(24(25)26)17(21-9-20-16)23-14-6-3-10(18)8-19-14/h3-9H,1-2H3,(H2,19,20,21,22,23). The summed E-state index contributed by atoms with van der Waals surface area (Å²) in [4.78, 5) is 23.1. The largest absolute Gasteiger partial charge is 0.497 e. The molecule has 0 aliphatic heterocycles. The van der Waals surface area contributed by atoms with E-state index in [-0.39, 0.29) is 17.3 Å². The van der Waals surface area contributed by atoms with Crippen LogP contribution in [0.4, 0.5) is 28.8 Å². The van der Waals surface area contributed by atoms with Gasteiger partial charge in [-0.15, -0.1) is 0 Å². The SMILES string of the molecule is COc1ccc(OC)c(Nc2ncnc(Nc3ccc(Cl)cn3)c2[N+](=O)[O-])c1. The maximum atomic E-state index is 11.7. The molecule has 0 radical (unpaired) electrons. The first-order valence-electron chi connectivity index (χ1n) is 7.89. The Morgan fingerprint density at radius 1 is 1.04 bits per heavy atom. The summed E-state index contributed by atoms with van der Waals surface area (Å²) in [5, 5.41) is 17.8. The fourth-order valence-corrected chi connectivity index (χ4v) is 2.46. The van der Waals surface area contributed by atoms with Crippen molar-refractivity contribution in [2.24, 2.45) is 0 Å². The molecule has 1 aromatic carbocycles. The molecule has 0 fully saturated rings. The predicted molar refractivity (Wildman–Crippen MR) is 104 cm³/mol. The van der Waals surface area contributed by atoms with Gasteiger partial charge in [0.2, 0.25) is 11.6 Å². The van der Waals surface area contributed by atoms with Gasteiger partial charge in [0.1, 0.15) is 23.6 Å². The molecule has 0 saturated carbocycles. The van der Waals surface area contributed by atoms with Crippen LogP contribution in [0.15, 0.2) is 42.9 Å². The maximum Gasteiger partial charge on any atom is 0.353 e. The number of halogens is 1. The molecule has 28 heavy (non-hydrogen) atoms. The molecular weight excluding hydrogens is 388 g/mol. The zero-order valence-corrected chi connectivity index (χ0v) is 15.6. The van der Waals surface area contributed by atoms with Gasteiger partial charge in [-0.3, -0.25) is 10.1 Å². The molecule has 11 heteroatoms. The molecule has 0 aliphatic carbocycles. The fraction of sp³-hybridized carbons (Fsp3) is 0.118. The van der Waals surface area contributed by atoms with Crippen molar-refractivity contribution in [2.75, 3.05) is 24.9 Å². The smallest absolute Gasteiger partial charge is 0.353 e. The summed E-state index contributed by atoms with van der Waals surface area (Å²) in [6.45, 7) is 0. The van der Waals surface area contributed by atoms with E-state index in [0.29, 0.717) is 28.0 Å². The van der Waals surface area contributed by atoms with Gasteiger partial charge in [0.05, 0.1) is 29.9 Å². The van der Waals surface area contributed by atoms with E-state index in [0.717, 1.165) is 0 Å². The first-order chi connectivity index (χ1) is 13.5. The highest BCUT2D eigenvalue weighted by Gasteiger charge is 2.24. The highest BCUT2D eigenvalue weighted by molar-refractivity contribution is 6.30. The second-order valence-electron chi connectivity index (χ2n) is 5.35. The molecule has 3 rings (SSSR count). The molecule has 0 amide bonds. The second-order valence-corrected chi connectivity index (χ2v) is 5.79. The number of aromatic nitrogens is 3. The van der Waals surface area contributed by atoms with Crippen LogP contribution in [0.1, 0.15) is 0 Å². The van der Waals surface area contributed by atoms with E-state index in [2.05, 4.69) is 25.6 Å². The van der Waals surface area contributed by atoms with Crippen LogP contribution >= 0.6 is 11.6 Å². The highest BCUT2D eigenvalue weighted by atomic mass is 35.5. The molecular formula is C17H15ClN6O4. The van der Waals surface area contributed by atoms with Gasteiger partial charge in [-0.1, -0.05) is 11.6 Å². The number of hydrogen-bond donors (Lipinski definition) is 2. The summed E-state index contributed by atoms with van der Waals surface area (Å²) in [7, 11) is 3.00. The predicted octanol–water partition coefficient (Wildman–Crippen LogP) is 3.94. The Hall–Kier alpha value is -3.66. The van der Waals surface area contributed by atoms with Gasteiger partial charge in [-0.05, 0) is 24.3 Å². The number of nitrogens with one attached hydrogen (secondary N) is 2. The van der Waals surface area contributed by atoms with E-state index in [1.54, 1.807) is 30.3 Å². The van der Waals surface area contributed by atoms with Crippen LogP contribution in [-0.2, 0) is 0 Å². The van der Waals surface area contributed by atoms with Gasteiger partial charge in [-0.25, -0.2) is 15.0 Å². The number of anilines is 4. The molecule has 2 N–H and O–H groups in total. The summed E-state index contributed by atoms with van der Waals surface area (Å²) in [6.07, 6.45) is 2.61. The quantitative estimate of drug-likeness (QED) is 0.446. The first-order valence-corrected chi connectivity index (χ1v) is 8.26. The third-order valence-electron chi connectivity index (χ3n) is 3.64. The van der Waals surface area contributed by atoms with E-state index >= 15 is 0 Å². The lowest BCUT2D eigenvalue weighted by atomic mass is 10.2. The molecule has 0 spiro atoms. The van der Waals surface area contributed by atoms with Crippen molar-refractivity contribution in [3.05, 3.63) is 58.0 Å². The van der Waals surface area contributed by atoms with Gasteiger partial charge < -0.3 is 20.1 Å². The van der Waals surface area contributed by atoms with Crippen LogP contribution in [0.25, 0.3) is 0 Å². The summed E-state index contributed by atoms with van der Waals surface area (Å²) >= 11 is 5.81. The number of hydrogen-bond acceptors (Lipinski definition) is 9.